The minimum Gasteiger partial charge on any atom is -0.350 e. The van der Waals surface area contributed by atoms with Crippen molar-refractivity contribution < 1.29 is 9.59 Å². The highest BCUT2D eigenvalue weighted by molar-refractivity contribution is 5.95. The zero-order chi connectivity index (χ0) is 19.5. The Kier molecular flexibility index (Phi) is 5.10. The number of nitrogens with zero attached hydrogens (tertiary/aromatic N) is 3. The molecule has 0 radical (unpaired) electrons. The van der Waals surface area contributed by atoms with Crippen molar-refractivity contribution in [2.24, 2.45) is 5.92 Å². The molecule has 6 heteroatoms. The van der Waals surface area contributed by atoms with E-state index in [1.807, 2.05) is 71.1 Å². The van der Waals surface area contributed by atoms with Crippen LogP contribution in [0.4, 0.5) is 0 Å². The van der Waals surface area contributed by atoms with Gasteiger partial charge in [-0.05, 0) is 43.5 Å². The molecule has 0 aliphatic carbocycles. The highest BCUT2D eigenvalue weighted by Crippen LogP contribution is 2.20. The molecule has 0 saturated carbocycles. The summed E-state index contributed by atoms with van der Waals surface area (Å²) in [6.45, 7) is 3.59. The van der Waals surface area contributed by atoms with Gasteiger partial charge in [0.2, 0.25) is 5.91 Å². The second-order valence-corrected chi connectivity index (χ2v) is 7.30. The maximum Gasteiger partial charge on any atom is 0.254 e. The average Bonchev–Trinajstić information content (AvgIpc) is 3.15. The van der Waals surface area contributed by atoms with Crippen molar-refractivity contribution in [2.75, 3.05) is 13.1 Å². The average molecular weight is 376 g/mol. The summed E-state index contributed by atoms with van der Waals surface area (Å²) in [5.41, 5.74) is 3.44. The molecule has 1 N–H and O–H groups in total. The third kappa shape index (κ3) is 3.76. The minimum absolute atomic E-state index is 0.0417. The Morgan fingerprint density at radius 2 is 1.86 bits per heavy atom. The number of fused-ring (bicyclic) bond motifs is 1. The number of amides is 2. The molecule has 0 atom stereocenters. The van der Waals surface area contributed by atoms with Crippen molar-refractivity contribution in [3.05, 3.63) is 71.7 Å². The second-order valence-electron chi connectivity index (χ2n) is 7.30. The van der Waals surface area contributed by atoms with Crippen LogP contribution < -0.4 is 5.32 Å². The number of hydrogen-bond donors (Lipinski definition) is 1. The second kappa shape index (κ2) is 7.84. The number of benzene rings is 1. The summed E-state index contributed by atoms with van der Waals surface area (Å²) in [6, 6.07) is 13.5. The molecule has 28 heavy (non-hydrogen) atoms. The number of imidazole rings is 1. The van der Waals surface area contributed by atoms with E-state index in [4.69, 9.17) is 0 Å². The quantitative estimate of drug-likeness (QED) is 0.761. The summed E-state index contributed by atoms with van der Waals surface area (Å²) >= 11 is 0. The molecule has 6 nitrogen and oxygen atoms in total. The van der Waals surface area contributed by atoms with Gasteiger partial charge < -0.3 is 14.6 Å². The topological polar surface area (TPSA) is 66.7 Å². The maximum absolute atomic E-state index is 12.7. The number of aromatic nitrogens is 2. The number of rotatable bonds is 4. The molecule has 1 aromatic carbocycles. The number of carbonyl (C=O) groups is 2. The monoisotopic (exact) mass is 376 g/mol. The fourth-order valence-corrected chi connectivity index (χ4v) is 3.72. The Labute approximate surface area is 164 Å². The lowest BCUT2D eigenvalue weighted by molar-refractivity contribution is -0.126. The first-order chi connectivity index (χ1) is 13.6. The molecular weight excluding hydrogens is 352 g/mol. The number of carbonyl (C=O) groups excluding carboxylic acids is 2. The van der Waals surface area contributed by atoms with E-state index in [2.05, 4.69) is 10.3 Å². The van der Waals surface area contributed by atoms with E-state index in [-0.39, 0.29) is 17.7 Å². The summed E-state index contributed by atoms with van der Waals surface area (Å²) < 4.78 is 1.94. The number of aryl methyl sites for hydroxylation is 1. The van der Waals surface area contributed by atoms with Gasteiger partial charge in [0.15, 0.2) is 0 Å². The predicted octanol–water partition coefficient (Wildman–Crippen LogP) is 2.81. The largest absolute Gasteiger partial charge is 0.350 e. The van der Waals surface area contributed by atoms with Gasteiger partial charge in [-0.3, -0.25) is 9.59 Å². The summed E-state index contributed by atoms with van der Waals surface area (Å²) in [5, 5.41) is 3.00. The van der Waals surface area contributed by atoms with Gasteiger partial charge in [0, 0.05) is 37.0 Å². The van der Waals surface area contributed by atoms with Crippen LogP contribution in [0.2, 0.25) is 0 Å². The first-order valence-electron chi connectivity index (χ1n) is 9.67. The lowest BCUT2D eigenvalue weighted by Crippen LogP contribution is -2.43. The van der Waals surface area contributed by atoms with Crippen LogP contribution in [0.25, 0.3) is 5.65 Å². The van der Waals surface area contributed by atoms with Gasteiger partial charge in [-0.1, -0.05) is 24.3 Å². The highest BCUT2D eigenvalue weighted by Gasteiger charge is 2.28. The summed E-state index contributed by atoms with van der Waals surface area (Å²) in [4.78, 5) is 31.6. The van der Waals surface area contributed by atoms with Crippen LogP contribution in [-0.4, -0.2) is 39.2 Å². The molecule has 1 aliphatic rings. The molecular formula is C22H24N4O2. The van der Waals surface area contributed by atoms with Crippen LogP contribution in [0.15, 0.2) is 54.9 Å². The van der Waals surface area contributed by atoms with Gasteiger partial charge in [-0.2, -0.15) is 0 Å². The molecule has 1 aliphatic heterocycles. The number of piperidine rings is 1. The van der Waals surface area contributed by atoms with Crippen molar-refractivity contribution in [1.82, 2.24) is 19.6 Å². The number of likely N-dealkylation sites (tertiary alicyclic amines) is 1. The summed E-state index contributed by atoms with van der Waals surface area (Å²) in [6.07, 6.45) is 5.25. The number of hydrogen-bond acceptors (Lipinski definition) is 3. The van der Waals surface area contributed by atoms with E-state index in [1.54, 1.807) is 0 Å². The Morgan fingerprint density at radius 1 is 1.11 bits per heavy atom. The fraction of sp³-hybridized carbons (Fsp3) is 0.318. The van der Waals surface area contributed by atoms with Crippen LogP contribution in [0.3, 0.4) is 0 Å². The van der Waals surface area contributed by atoms with Gasteiger partial charge >= 0.3 is 0 Å². The Morgan fingerprint density at radius 3 is 2.61 bits per heavy atom. The van der Waals surface area contributed by atoms with E-state index in [1.165, 1.54) is 0 Å². The van der Waals surface area contributed by atoms with E-state index >= 15 is 0 Å². The summed E-state index contributed by atoms with van der Waals surface area (Å²) in [5.74, 6) is 0.0413. The third-order valence-corrected chi connectivity index (χ3v) is 5.39. The molecule has 1 fully saturated rings. The van der Waals surface area contributed by atoms with Crippen molar-refractivity contribution in [2.45, 2.75) is 26.3 Å². The predicted molar refractivity (Wildman–Crippen MR) is 107 cm³/mol. The van der Waals surface area contributed by atoms with E-state index in [0.29, 0.717) is 32.5 Å². The molecule has 3 aromatic rings. The lowest BCUT2D eigenvalue weighted by Gasteiger charge is -2.31. The SMILES string of the molecule is Cc1ccccc1C(=O)N1CCC(C(=O)NCc2cn3ccccc3n2)CC1. The highest BCUT2D eigenvalue weighted by atomic mass is 16.2. The van der Waals surface area contributed by atoms with Crippen LogP contribution in [0.5, 0.6) is 0 Å². The van der Waals surface area contributed by atoms with E-state index in [9.17, 15) is 9.59 Å². The molecule has 3 heterocycles. The Bertz CT molecular complexity index is 969. The lowest BCUT2D eigenvalue weighted by atomic mass is 9.95. The molecule has 0 unspecified atom stereocenters. The van der Waals surface area contributed by atoms with Crippen LogP contribution in [-0.2, 0) is 11.3 Å². The Balaban J connectivity index is 1.30. The van der Waals surface area contributed by atoms with Gasteiger partial charge in [0.05, 0.1) is 12.2 Å². The zero-order valence-corrected chi connectivity index (χ0v) is 16.0. The normalized spacial score (nSPS) is 15.0. The van der Waals surface area contributed by atoms with E-state index < -0.39 is 0 Å². The minimum atomic E-state index is -0.0575. The molecule has 2 aromatic heterocycles. The van der Waals surface area contributed by atoms with Gasteiger partial charge in [0.25, 0.3) is 5.91 Å². The van der Waals surface area contributed by atoms with Crippen molar-refractivity contribution in [1.29, 1.82) is 0 Å². The molecule has 4 rings (SSSR count). The van der Waals surface area contributed by atoms with E-state index in [0.717, 1.165) is 22.5 Å². The van der Waals surface area contributed by atoms with Gasteiger partial charge in [0.1, 0.15) is 5.65 Å². The standard InChI is InChI=1S/C22H24N4O2/c1-16-6-2-3-7-19(16)22(28)25-12-9-17(10-13-25)21(27)23-14-18-15-26-11-5-4-8-20(26)24-18/h2-8,11,15,17H,9-10,12-14H2,1H3,(H,23,27). The van der Waals surface area contributed by atoms with Crippen LogP contribution in [0, 0.1) is 12.8 Å². The maximum atomic E-state index is 12.7. The first kappa shape index (κ1) is 18.2. The summed E-state index contributed by atoms with van der Waals surface area (Å²) in [7, 11) is 0. The first-order valence-corrected chi connectivity index (χ1v) is 9.67. The zero-order valence-electron chi connectivity index (χ0n) is 16.0. The molecule has 0 bridgehead atoms. The fourth-order valence-electron chi connectivity index (χ4n) is 3.72. The van der Waals surface area contributed by atoms with Crippen molar-refractivity contribution in [3.8, 4) is 0 Å². The van der Waals surface area contributed by atoms with Crippen LogP contribution >= 0.6 is 0 Å². The Hall–Kier alpha value is -3.15. The number of nitrogens with one attached hydrogen (secondary N) is 1. The van der Waals surface area contributed by atoms with Gasteiger partial charge in [-0.15, -0.1) is 0 Å². The smallest absolute Gasteiger partial charge is 0.254 e. The van der Waals surface area contributed by atoms with Crippen molar-refractivity contribution in [3.63, 3.8) is 0 Å². The molecule has 2 amide bonds. The molecule has 1 saturated heterocycles. The number of pyridine rings is 1. The van der Waals surface area contributed by atoms with Gasteiger partial charge in [-0.25, -0.2) is 4.98 Å². The van der Waals surface area contributed by atoms with Crippen molar-refractivity contribution >= 4 is 17.5 Å². The molecule has 144 valence electrons. The third-order valence-electron chi connectivity index (χ3n) is 5.39. The van der Waals surface area contributed by atoms with Crippen LogP contribution in [0.1, 0.15) is 34.5 Å². The molecule has 0 spiro atoms.